The van der Waals surface area contributed by atoms with Gasteiger partial charge in [0, 0.05) is 6.42 Å². The molecule has 3 rings (SSSR count). The van der Waals surface area contributed by atoms with Crippen LogP contribution in [-0.2, 0) is 9.47 Å². The Morgan fingerprint density at radius 1 is 1.29 bits per heavy atom. The van der Waals surface area contributed by atoms with E-state index in [4.69, 9.17) is 14.9 Å². The Kier molecular flexibility index (Phi) is 3.67. The number of nitriles is 3. The lowest BCUT2D eigenvalue weighted by atomic mass is 9.51. The highest BCUT2D eigenvalue weighted by Gasteiger charge is 2.80. The monoisotopic (exact) mass is 324 g/mol. The summed E-state index contributed by atoms with van der Waals surface area (Å²) in [4.78, 5) is 0. The molecule has 2 bridgehead atoms. The Hall–Kier alpha value is -2.36. The first-order valence-electron chi connectivity index (χ1n) is 8.32. The molecule has 6 heteroatoms. The SMILES string of the molecule is CC=CC1OC23CCC(CC)CC2C(C#N)(C(=N)O3)C1(C#N)C#N. The van der Waals surface area contributed by atoms with Crippen molar-refractivity contribution in [3.05, 3.63) is 12.2 Å². The minimum Gasteiger partial charge on any atom is -0.447 e. The minimum atomic E-state index is -1.79. The van der Waals surface area contributed by atoms with Gasteiger partial charge >= 0.3 is 0 Å². The van der Waals surface area contributed by atoms with Crippen molar-refractivity contribution >= 4 is 5.90 Å². The van der Waals surface area contributed by atoms with Crippen LogP contribution in [0, 0.1) is 62.1 Å². The number of nitrogens with one attached hydrogen (secondary N) is 1. The van der Waals surface area contributed by atoms with Crippen LogP contribution in [0.1, 0.15) is 39.5 Å². The maximum atomic E-state index is 10.1. The van der Waals surface area contributed by atoms with E-state index >= 15 is 0 Å². The van der Waals surface area contributed by atoms with Crippen LogP contribution in [0.25, 0.3) is 0 Å². The molecule has 3 aliphatic rings. The summed E-state index contributed by atoms with van der Waals surface area (Å²) in [5.74, 6) is -1.45. The van der Waals surface area contributed by atoms with E-state index in [9.17, 15) is 15.8 Å². The van der Waals surface area contributed by atoms with Gasteiger partial charge in [0.15, 0.2) is 5.41 Å². The fraction of sp³-hybridized carbons (Fsp3) is 0.667. The highest BCUT2D eigenvalue weighted by Crippen LogP contribution is 2.67. The maximum absolute atomic E-state index is 10.1. The van der Waals surface area contributed by atoms with E-state index in [1.54, 1.807) is 19.1 Å². The highest BCUT2D eigenvalue weighted by molar-refractivity contribution is 5.89. The molecule has 5 unspecified atom stereocenters. The molecule has 2 aliphatic heterocycles. The largest absolute Gasteiger partial charge is 0.447 e. The van der Waals surface area contributed by atoms with E-state index in [-0.39, 0.29) is 5.90 Å². The molecule has 2 heterocycles. The number of ether oxygens (including phenoxy) is 2. The van der Waals surface area contributed by atoms with Crippen LogP contribution >= 0.6 is 0 Å². The smallest absolute Gasteiger partial charge is 0.217 e. The molecule has 24 heavy (non-hydrogen) atoms. The Morgan fingerprint density at radius 3 is 2.54 bits per heavy atom. The number of hydrogen-bond donors (Lipinski definition) is 1. The molecule has 0 aromatic heterocycles. The third kappa shape index (κ3) is 1.63. The minimum absolute atomic E-state index is 0.290. The normalized spacial score (nSPS) is 42.5. The van der Waals surface area contributed by atoms with Crippen LogP contribution in [0.5, 0.6) is 0 Å². The van der Waals surface area contributed by atoms with E-state index in [1.807, 2.05) is 12.1 Å². The Morgan fingerprint density at radius 2 is 2.00 bits per heavy atom. The van der Waals surface area contributed by atoms with Crippen molar-refractivity contribution < 1.29 is 9.47 Å². The van der Waals surface area contributed by atoms with Gasteiger partial charge in [-0.25, -0.2) is 0 Å². The molecular formula is C18H20N4O2. The lowest BCUT2D eigenvalue weighted by Crippen LogP contribution is -2.63. The topological polar surface area (TPSA) is 114 Å². The first kappa shape index (κ1) is 16.5. The van der Waals surface area contributed by atoms with Crippen molar-refractivity contribution in [1.82, 2.24) is 0 Å². The van der Waals surface area contributed by atoms with Crippen LogP contribution in [0.2, 0.25) is 0 Å². The van der Waals surface area contributed by atoms with Gasteiger partial charge in [0.2, 0.25) is 17.1 Å². The number of nitrogens with zero attached hydrogens (tertiary/aromatic N) is 3. The lowest BCUT2D eigenvalue weighted by Gasteiger charge is -2.52. The lowest BCUT2D eigenvalue weighted by molar-refractivity contribution is -0.285. The highest BCUT2D eigenvalue weighted by atomic mass is 16.7. The third-order valence-corrected chi connectivity index (χ3v) is 6.01. The predicted octanol–water partition coefficient (Wildman–Crippen LogP) is 3.03. The molecule has 3 fully saturated rings. The molecule has 0 aromatic rings. The fourth-order valence-corrected chi connectivity index (χ4v) is 4.67. The zero-order valence-corrected chi connectivity index (χ0v) is 13.9. The summed E-state index contributed by atoms with van der Waals surface area (Å²) in [6, 6.07) is 6.24. The molecule has 1 saturated carbocycles. The van der Waals surface area contributed by atoms with Gasteiger partial charge in [-0.05, 0) is 25.7 Å². The first-order valence-corrected chi connectivity index (χ1v) is 8.32. The van der Waals surface area contributed by atoms with Crippen LogP contribution in [-0.4, -0.2) is 17.8 Å². The molecule has 0 amide bonds. The Bertz CT molecular complexity index is 711. The van der Waals surface area contributed by atoms with Crippen molar-refractivity contribution in [2.24, 2.45) is 22.7 Å². The third-order valence-electron chi connectivity index (χ3n) is 6.01. The van der Waals surface area contributed by atoms with E-state index in [1.165, 1.54) is 0 Å². The quantitative estimate of drug-likeness (QED) is 0.784. The van der Waals surface area contributed by atoms with Crippen LogP contribution in [0.15, 0.2) is 12.2 Å². The van der Waals surface area contributed by atoms with Crippen molar-refractivity contribution in [2.75, 3.05) is 0 Å². The molecule has 1 N–H and O–H groups in total. The molecule has 0 spiro atoms. The molecule has 2 saturated heterocycles. The van der Waals surface area contributed by atoms with Crippen molar-refractivity contribution in [2.45, 2.75) is 51.4 Å². The molecule has 5 atom stereocenters. The molecule has 6 nitrogen and oxygen atoms in total. The predicted molar refractivity (Wildman–Crippen MR) is 84.1 cm³/mol. The number of rotatable bonds is 2. The van der Waals surface area contributed by atoms with Crippen LogP contribution in [0.4, 0.5) is 0 Å². The van der Waals surface area contributed by atoms with Gasteiger partial charge in [-0.3, -0.25) is 5.41 Å². The molecule has 0 radical (unpaired) electrons. The second kappa shape index (κ2) is 5.33. The van der Waals surface area contributed by atoms with E-state index in [0.29, 0.717) is 18.8 Å². The summed E-state index contributed by atoms with van der Waals surface area (Å²) in [7, 11) is 0. The van der Waals surface area contributed by atoms with Gasteiger partial charge in [-0.15, -0.1) is 0 Å². The summed E-state index contributed by atoms with van der Waals surface area (Å²) in [6.45, 7) is 3.86. The summed E-state index contributed by atoms with van der Waals surface area (Å²) in [5.41, 5.74) is -3.38. The van der Waals surface area contributed by atoms with Gasteiger partial charge in [0.25, 0.3) is 0 Å². The molecule has 124 valence electrons. The van der Waals surface area contributed by atoms with Gasteiger partial charge < -0.3 is 9.47 Å². The van der Waals surface area contributed by atoms with E-state index < -0.39 is 28.6 Å². The Balaban J connectivity index is 2.26. The molecular weight excluding hydrogens is 304 g/mol. The van der Waals surface area contributed by atoms with Crippen molar-refractivity contribution in [3.8, 4) is 18.2 Å². The number of hydrogen-bond acceptors (Lipinski definition) is 6. The molecule has 0 aromatic carbocycles. The van der Waals surface area contributed by atoms with Gasteiger partial charge in [0.05, 0.1) is 24.1 Å². The standard InChI is InChI=1S/C18H20N4O2/c1-3-5-14-16(9-19,10-20)17(11-21)13-8-12(4-2)6-7-18(13,23-14)24-15(17)22/h3,5,12-14,22H,4,6-8H2,1-2H3. The average Bonchev–Trinajstić information content (AvgIpc) is 2.80. The summed E-state index contributed by atoms with van der Waals surface area (Å²) in [5, 5.41) is 38.2. The van der Waals surface area contributed by atoms with Crippen molar-refractivity contribution in [3.63, 3.8) is 0 Å². The summed E-state index contributed by atoms with van der Waals surface area (Å²) >= 11 is 0. The Labute approximate surface area is 141 Å². The van der Waals surface area contributed by atoms with E-state index in [0.717, 1.165) is 12.8 Å². The maximum Gasteiger partial charge on any atom is 0.217 e. The van der Waals surface area contributed by atoms with E-state index in [2.05, 4.69) is 13.0 Å². The van der Waals surface area contributed by atoms with Gasteiger partial charge in [0.1, 0.15) is 6.10 Å². The number of allylic oxidation sites excluding steroid dienone is 1. The zero-order chi connectivity index (χ0) is 17.6. The zero-order valence-electron chi connectivity index (χ0n) is 13.9. The van der Waals surface area contributed by atoms with Crippen LogP contribution in [0.3, 0.4) is 0 Å². The van der Waals surface area contributed by atoms with Crippen LogP contribution < -0.4 is 0 Å². The summed E-state index contributed by atoms with van der Waals surface area (Å²) in [6.07, 6.45) is 5.47. The van der Waals surface area contributed by atoms with Crippen molar-refractivity contribution in [1.29, 1.82) is 21.2 Å². The first-order chi connectivity index (χ1) is 11.5. The average molecular weight is 324 g/mol. The molecule has 1 aliphatic carbocycles. The second-order valence-corrected chi connectivity index (χ2v) is 6.86. The van der Waals surface area contributed by atoms with Gasteiger partial charge in [-0.2, -0.15) is 15.8 Å². The summed E-state index contributed by atoms with van der Waals surface area (Å²) < 4.78 is 12.0. The van der Waals surface area contributed by atoms with Gasteiger partial charge in [-0.1, -0.05) is 25.5 Å². The fourth-order valence-electron chi connectivity index (χ4n) is 4.67. The second-order valence-electron chi connectivity index (χ2n) is 6.86.